The molecule has 0 radical (unpaired) electrons. The van der Waals surface area contributed by atoms with E-state index in [1.165, 1.54) is 11.8 Å². The minimum atomic E-state index is -0.0941. The molecule has 166 valence electrons. The molecule has 0 unspecified atom stereocenters. The van der Waals surface area contributed by atoms with Gasteiger partial charge in [-0.05, 0) is 50.1 Å². The molecule has 1 N–H and O–H groups in total. The second-order valence-electron chi connectivity index (χ2n) is 7.79. The lowest BCUT2D eigenvalue weighted by molar-refractivity contribution is -0.113. The molecule has 2 aromatic carbocycles. The fourth-order valence-corrected chi connectivity index (χ4v) is 5.08. The third-order valence-corrected chi connectivity index (χ3v) is 6.99. The van der Waals surface area contributed by atoms with Crippen molar-refractivity contribution in [1.82, 2.24) is 24.1 Å². The third kappa shape index (κ3) is 4.42. The Hall–Kier alpha value is -3.43. The van der Waals surface area contributed by atoms with Crippen molar-refractivity contribution in [2.45, 2.75) is 25.9 Å². The predicted molar refractivity (Wildman–Crippen MR) is 133 cm³/mol. The first-order chi connectivity index (χ1) is 16.0. The van der Waals surface area contributed by atoms with E-state index in [9.17, 15) is 4.79 Å². The van der Waals surface area contributed by atoms with Crippen LogP contribution in [0.5, 0.6) is 0 Å². The van der Waals surface area contributed by atoms with Crippen molar-refractivity contribution in [3.8, 4) is 16.9 Å². The molecule has 33 heavy (non-hydrogen) atoms. The number of carbonyl (C=O) groups is 1. The van der Waals surface area contributed by atoms with E-state index in [0.717, 1.165) is 44.5 Å². The summed E-state index contributed by atoms with van der Waals surface area (Å²) >= 11 is 2.98. The number of imidazole rings is 1. The summed E-state index contributed by atoms with van der Waals surface area (Å²) in [6.07, 6.45) is 4.00. The molecule has 0 fully saturated rings. The Morgan fingerprint density at radius 2 is 1.91 bits per heavy atom. The van der Waals surface area contributed by atoms with Gasteiger partial charge in [-0.2, -0.15) is 0 Å². The predicted octanol–water partition coefficient (Wildman–Crippen LogP) is 5.30. The van der Waals surface area contributed by atoms with Crippen LogP contribution in [0.3, 0.4) is 0 Å². The van der Waals surface area contributed by atoms with Crippen LogP contribution in [-0.4, -0.2) is 35.8 Å². The van der Waals surface area contributed by atoms with Gasteiger partial charge in [-0.25, -0.2) is 4.98 Å². The Bertz CT molecular complexity index is 1420. The highest BCUT2D eigenvalue weighted by Gasteiger charge is 2.15. The van der Waals surface area contributed by atoms with Gasteiger partial charge in [0.15, 0.2) is 10.1 Å². The first-order valence-electron chi connectivity index (χ1n) is 10.4. The standard InChI is InChI=1S/C24H22N6OS2/c1-15-4-5-16(2)21(12-15)30-17(3)27-28-24(30)33-14-22(31)25-19-8-6-18(7-9-19)20-13-29-10-11-32-23(29)26-20/h4-13H,14H2,1-3H3,(H,25,31). The first-order valence-corrected chi connectivity index (χ1v) is 12.3. The summed E-state index contributed by atoms with van der Waals surface area (Å²) in [7, 11) is 0. The summed E-state index contributed by atoms with van der Waals surface area (Å²) in [5.41, 5.74) is 6.00. The number of amides is 1. The molecule has 0 saturated carbocycles. The van der Waals surface area contributed by atoms with E-state index in [4.69, 9.17) is 0 Å². The number of nitrogens with zero attached hydrogens (tertiary/aromatic N) is 5. The number of anilines is 1. The van der Waals surface area contributed by atoms with Crippen LogP contribution in [0.1, 0.15) is 17.0 Å². The highest BCUT2D eigenvalue weighted by Crippen LogP contribution is 2.26. The Kier molecular flexibility index (Phi) is 5.74. The molecule has 5 aromatic rings. The van der Waals surface area contributed by atoms with Crippen molar-refractivity contribution in [3.63, 3.8) is 0 Å². The number of hydrogen-bond acceptors (Lipinski definition) is 6. The molecule has 9 heteroatoms. The second-order valence-corrected chi connectivity index (χ2v) is 9.60. The molecular weight excluding hydrogens is 452 g/mol. The minimum Gasteiger partial charge on any atom is -0.325 e. The van der Waals surface area contributed by atoms with Crippen molar-refractivity contribution in [1.29, 1.82) is 0 Å². The summed E-state index contributed by atoms with van der Waals surface area (Å²) < 4.78 is 4.01. The van der Waals surface area contributed by atoms with Crippen molar-refractivity contribution in [3.05, 3.63) is 77.2 Å². The van der Waals surface area contributed by atoms with Crippen molar-refractivity contribution in [2.75, 3.05) is 11.1 Å². The Labute approximate surface area is 199 Å². The third-order valence-electron chi connectivity index (χ3n) is 5.29. The molecule has 0 atom stereocenters. The average Bonchev–Trinajstić information content (AvgIpc) is 3.50. The fraction of sp³-hybridized carbons (Fsp3) is 0.167. The summed E-state index contributed by atoms with van der Waals surface area (Å²) in [5, 5.41) is 14.2. The number of aryl methyl sites for hydroxylation is 3. The number of carbonyl (C=O) groups excluding carboxylic acids is 1. The quantitative estimate of drug-likeness (QED) is 0.338. The number of thiazole rings is 1. The van der Waals surface area contributed by atoms with Gasteiger partial charge in [-0.3, -0.25) is 13.8 Å². The molecule has 3 heterocycles. The molecule has 0 bridgehead atoms. The number of aromatic nitrogens is 5. The van der Waals surface area contributed by atoms with E-state index in [1.54, 1.807) is 11.3 Å². The number of fused-ring (bicyclic) bond motifs is 1. The lowest BCUT2D eigenvalue weighted by atomic mass is 10.1. The fourth-order valence-electron chi connectivity index (χ4n) is 3.59. The molecular formula is C24H22N6OS2. The van der Waals surface area contributed by atoms with E-state index in [2.05, 4.69) is 52.5 Å². The van der Waals surface area contributed by atoms with Gasteiger partial charge >= 0.3 is 0 Å². The van der Waals surface area contributed by atoms with Crippen LogP contribution < -0.4 is 5.32 Å². The largest absolute Gasteiger partial charge is 0.325 e. The highest BCUT2D eigenvalue weighted by molar-refractivity contribution is 7.99. The van der Waals surface area contributed by atoms with Crippen molar-refractivity contribution < 1.29 is 4.79 Å². The van der Waals surface area contributed by atoms with Crippen molar-refractivity contribution in [2.24, 2.45) is 0 Å². The van der Waals surface area contributed by atoms with Crippen LogP contribution in [0.4, 0.5) is 5.69 Å². The van der Waals surface area contributed by atoms with E-state index in [1.807, 2.05) is 57.9 Å². The zero-order valence-electron chi connectivity index (χ0n) is 18.4. The van der Waals surface area contributed by atoms with E-state index < -0.39 is 0 Å². The Balaban J connectivity index is 1.25. The molecule has 3 aromatic heterocycles. The van der Waals surface area contributed by atoms with E-state index in [-0.39, 0.29) is 11.7 Å². The molecule has 0 aliphatic heterocycles. The van der Waals surface area contributed by atoms with E-state index >= 15 is 0 Å². The van der Waals surface area contributed by atoms with Gasteiger partial charge < -0.3 is 5.32 Å². The van der Waals surface area contributed by atoms with Gasteiger partial charge in [0.25, 0.3) is 0 Å². The second kappa shape index (κ2) is 8.84. The average molecular weight is 475 g/mol. The maximum atomic E-state index is 12.6. The molecule has 0 saturated heterocycles. The monoisotopic (exact) mass is 474 g/mol. The Morgan fingerprint density at radius 1 is 1.09 bits per heavy atom. The number of nitrogens with one attached hydrogen (secondary N) is 1. The van der Waals surface area contributed by atoms with Gasteiger partial charge in [0.05, 0.1) is 17.1 Å². The van der Waals surface area contributed by atoms with Crippen LogP contribution >= 0.6 is 23.1 Å². The van der Waals surface area contributed by atoms with Crippen LogP contribution in [0, 0.1) is 20.8 Å². The van der Waals surface area contributed by atoms with Crippen LogP contribution in [0.15, 0.2) is 65.4 Å². The first kappa shape index (κ1) is 21.4. The van der Waals surface area contributed by atoms with Gasteiger partial charge in [0.1, 0.15) is 5.82 Å². The van der Waals surface area contributed by atoms with Gasteiger partial charge in [-0.1, -0.05) is 36.0 Å². The molecule has 1 amide bonds. The maximum Gasteiger partial charge on any atom is 0.234 e. The Morgan fingerprint density at radius 3 is 2.70 bits per heavy atom. The number of hydrogen-bond donors (Lipinski definition) is 1. The highest BCUT2D eigenvalue weighted by atomic mass is 32.2. The topological polar surface area (TPSA) is 77.1 Å². The SMILES string of the molecule is Cc1ccc(C)c(-n2c(C)nnc2SCC(=O)Nc2ccc(-c3cn4ccsc4n3)cc2)c1. The zero-order valence-corrected chi connectivity index (χ0v) is 20.1. The minimum absolute atomic E-state index is 0.0941. The van der Waals surface area contributed by atoms with Gasteiger partial charge in [-0.15, -0.1) is 21.5 Å². The normalized spacial score (nSPS) is 11.2. The lowest BCUT2D eigenvalue weighted by Gasteiger charge is -2.12. The van der Waals surface area contributed by atoms with Gasteiger partial charge in [0.2, 0.25) is 5.91 Å². The molecule has 0 aliphatic rings. The summed E-state index contributed by atoms with van der Waals surface area (Å²) in [6, 6.07) is 14.0. The number of benzene rings is 2. The summed E-state index contributed by atoms with van der Waals surface area (Å²) in [6.45, 7) is 6.04. The van der Waals surface area contributed by atoms with Gasteiger partial charge in [0, 0.05) is 29.0 Å². The lowest BCUT2D eigenvalue weighted by Crippen LogP contribution is -2.14. The van der Waals surface area contributed by atoms with Crippen LogP contribution in [0.2, 0.25) is 0 Å². The number of thioether (sulfide) groups is 1. The van der Waals surface area contributed by atoms with Crippen LogP contribution in [0.25, 0.3) is 21.9 Å². The molecule has 0 spiro atoms. The molecule has 0 aliphatic carbocycles. The summed E-state index contributed by atoms with van der Waals surface area (Å²) in [4.78, 5) is 18.2. The number of rotatable bonds is 6. The maximum absolute atomic E-state index is 12.6. The van der Waals surface area contributed by atoms with E-state index in [0.29, 0.717) is 5.16 Å². The smallest absolute Gasteiger partial charge is 0.234 e. The van der Waals surface area contributed by atoms with Crippen molar-refractivity contribution >= 4 is 39.7 Å². The van der Waals surface area contributed by atoms with Crippen LogP contribution in [-0.2, 0) is 4.79 Å². The zero-order chi connectivity index (χ0) is 22.9. The summed E-state index contributed by atoms with van der Waals surface area (Å²) in [5.74, 6) is 0.937. The molecule has 5 rings (SSSR count). The molecule has 7 nitrogen and oxygen atoms in total.